The molecule has 12 heavy (non-hydrogen) atoms. The van der Waals surface area contributed by atoms with Crippen LogP contribution in [0.1, 0.15) is 19.8 Å². The van der Waals surface area contributed by atoms with E-state index in [0.717, 1.165) is 0 Å². The standard InChI is InChI=1S/C7H8F3N2/c1-2-3-5-4-11-12-6(5)7(8,9)10/h4H,2-3H2,1H3. The lowest BCUT2D eigenvalue weighted by molar-refractivity contribution is -0.0583. The summed E-state index contributed by atoms with van der Waals surface area (Å²) < 4.78 is 36.3. The number of allylic oxidation sites excluding steroid dienone is 1. The second-order valence-electron chi connectivity index (χ2n) is 2.47. The van der Waals surface area contributed by atoms with Crippen LogP contribution >= 0.6 is 0 Å². The van der Waals surface area contributed by atoms with Gasteiger partial charge < -0.3 is 0 Å². The third-order valence-electron chi connectivity index (χ3n) is 1.46. The molecule has 0 bridgehead atoms. The maximum atomic E-state index is 12.1. The van der Waals surface area contributed by atoms with Crippen LogP contribution in [0.2, 0.25) is 0 Å². The predicted molar refractivity (Wildman–Crippen MR) is 38.6 cm³/mol. The van der Waals surface area contributed by atoms with Crippen molar-refractivity contribution in [1.82, 2.24) is 5.43 Å². The van der Waals surface area contributed by atoms with Crippen LogP contribution in [0.4, 0.5) is 13.2 Å². The van der Waals surface area contributed by atoms with E-state index in [1.165, 1.54) is 6.20 Å². The summed E-state index contributed by atoms with van der Waals surface area (Å²) in [6.07, 6.45) is -2.15. The lowest BCUT2D eigenvalue weighted by atomic mass is 10.1. The summed E-state index contributed by atoms with van der Waals surface area (Å²) in [5, 5.41) is 3.03. The first-order chi connectivity index (χ1) is 5.55. The largest absolute Gasteiger partial charge is 0.435 e. The maximum Gasteiger partial charge on any atom is 0.435 e. The van der Waals surface area contributed by atoms with Crippen LogP contribution in [0.25, 0.3) is 0 Å². The number of halogens is 3. The van der Waals surface area contributed by atoms with Crippen molar-refractivity contribution < 1.29 is 13.2 Å². The first kappa shape index (κ1) is 9.09. The Kier molecular flexibility index (Phi) is 2.40. The van der Waals surface area contributed by atoms with Gasteiger partial charge in [-0.3, -0.25) is 0 Å². The molecule has 0 aromatic rings. The molecule has 1 aliphatic rings. The van der Waals surface area contributed by atoms with Gasteiger partial charge in [-0.1, -0.05) is 13.3 Å². The molecule has 2 nitrogen and oxygen atoms in total. The van der Waals surface area contributed by atoms with E-state index >= 15 is 0 Å². The van der Waals surface area contributed by atoms with E-state index in [9.17, 15) is 13.2 Å². The van der Waals surface area contributed by atoms with E-state index in [0.29, 0.717) is 12.8 Å². The molecule has 0 aromatic carbocycles. The van der Waals surface area contributed by atoms with Crippen LogP contribution in [0.5, 0.6) is 0 Å². The van der Waals surface area contributed by atoms with E-state index < -0.39 is 11.9 Å². The molecular formula is C7H8F3N2. The first-order valence-corrected chi connectivity index (χ1v) is 3.60. The Morgan fingerprint density at radius 2 is 2.08 bits per heavy atom. The van der Waals surface area contributed by atoms with Gasteiger partial charge in [0.05, 0.1) is 6.20 Å². The van der Waals surface area contributed by atoms with Crippen LogP contribution in [0, 0.1) is 0 Å². The zero-order valence-corrected chi connectivity index (χ0v) is 6.52. The number of hydrogen-bond acceptors (Lipinski definition) is 1. The van der Waals surface area contributed by atoms with Crippen LogP contribution in [-0.4, -0.2) is 11.9 Å². The molecule has 0 unspecified atom stereocenters. The normalized spacial score (nSPS) is 17.0. The second-order valence-corrected chi connectivity index (χ2v) is 2.47. The van der Waals surface area contributed by atoms with Crippen molar-refractivity contribution in [2.75, 3.05) is 0 Å². The number of alkyl halides is 3. The second kappa shape index (κ2) is 3.16. The van der Waals surface area contributed by atoms with E-state index in [1.807, 2.05) is 6.92 Å². The van der Waals surface area contributed by atoms with E-state index in [1.54, 1.807) is 0 Å². The average molecular weight is 177 g/mol. The molecule has 1 aliphatic heterocycles. The highest BCUT2D eigenvalue weighted by Gasteiger charge is 2.39. The zero-order chi connectivity index (χ0) is 9.19. The molecule has 1 heterocycles. The van der Waals surface area contributed by atoms with Crippen molar-refractivity contribution in [3.8, 4) is 0 Å². The van der Waals surface area contributed by atoms with E-state index in [2.05, 4.69) is 10.5 Å². The Hall–Kier alpha value is -1.00. The van der Waals surface area contributed by atoms with Crippen molar-refractivity contribution in [2.45, 2.75) is 25.9 Å². The van der Waals surface area contributed by atoms with Gasteiger partial charge in [0.25, 0.3) is 0 Å². The Morgan fingerprint density at radius 3 is 2.58 bits per heavy atom. The molecule has 0 spiro atoms. The zero-order valence-electron chi connectivity index (χ0n) is 6.52. The van der Waals surface area contributed by atoms with Crippen molar-refractivity contribution in [3.63, 3.8) is 0 Å². The van der Waals surface area contributed by atoms with Crippen molar-refractivity contribution in [2.24, 2.45) is 5.10 Å². The Balaban J connectivity index is 2.73. The summed E-state index contributed by atoms with van der Waals surface area (Å²) in [7, 11) is 0. The molecule has 0 aliphatic carbocycles. The summed E-state index contributed by atoms with van der Waals surface area (Å²) in [6, 6.07) is 0. The van der Waals surface area contributed by atoms with E-state index in [-0.39, 0.29) is 5.57 Å². The summed E-state index contributed by atoms with van der Waals surface area (Å²) in [4.78, 5) is 0. The highest BCUT2D eigenvalue weighted by molar-refractivity contribution is 6.05. The smallest absolute Gasteiger partial charge is 0.164 e. The van der Waals surface area contributed by atoms with Crippen molar-refractivity contribution in [3.05, 3.63) is 11.8 Å². The van der Waals surface area contributed by atoms with Gasteiger partial charge in [0.1, 0.15) is 0 Å². The molecule has 0 N–H and O–H groups in total. The number of hydrogen-bond donors (Lipinski definition) is 0. The fraction of sp³-hybridized carbons (Fsp3) is 0.571. The van der Waals surface area contributed by atoms with E-state index in [4.69, 9.17) is 0 Å². The minimum Gasteiger partial charge on any atom is -0.164 e. The summed E-state index contributed by atoms with van der Waals surface area (Å²) in [5.41, 5.74) is 2.58. The molecule has 5 heteroatoms. The molecule has 67 valence electrons. The molecule has 0 saturated carbocycles. The van der Waals surface area contributed by atoms with Crippen LogP contribution in [0.3, 0.4) is 0 Å². The van der Waals surface area contributed by atoms with Gasteiger partial charge in [-0.2, -0.15) is 18.6 Å². The minimum atomic E-state index is -4.36. The first-order valence-electron chi connectivity index (χ1n) is 3.60. The van der Waals surface area contributed by atoms with Gasteiger partial charge in [0.15, 0.2) is 5.71 Å². The average Bonchev–Trinajstić information content (AvgIpc) is 2.34. The maximum absolute atomic E-state index is 12.1. The summed E-state index contributed by atoms with van der Waals surface area (Å²) in [6.45, 7) is 1.81. The predicted octanol–water partition coefficient (Wildman–Crippen LogP) is 2.21. The highest BCUT2D eigenvalue weighted by atomic mass is 19.4. The summed E-state index contributed by atoms with van der Waals surface area (Å²) >= 11 is 0. The van der Waals surface area contributed by atoms with Crippen molar-refractivity contribution >= 4 is 5.71 Å². The molecule has 0 aromatic heterocycles. The summed E-state index contributed by atoms with van der Waals surface area (Å²) in [5.74, 6) is 0. The molecule has 0 atom stereocenters. The fourth-order valence-electron chi connectivity index (χ4n) is 0.973. The quantitative estimate of drug-likeness (QED) is 0.618. The van der Waals surface area contributed by atoms with Crippen molar-refractivity contribution in [1.29, 1.82) is 0 Å². The number of rotatable bonds is 2. The molecule has 1 rings (SSSR count). The van der Waals surface area contributed by atoms with Crippen LogP contribution in [-0.2, 0) is 0 Å². The van der Waals surface area contributed by atoms with Gasteiger partial charge >= 0.3 is 6.18 Å². The van der Waals surface area contributed by atoms with Crippen LogP contribution in [0.15, 0.2) is 16.9 Å². The molecule has 0 fully saturated rings. The fourth-order valence-corrected chi connectivity index (χ4v) is 0.973. The lowest BCUT2D eigenvalue weighted by Crippen LogP contribution is -2.23. The number of nitrogens with zero attached hydrogens (tertiary/aromatic N) is 2. The molecule has 1 radical (unpaired) electrons. The monoisotopic (exact) mass is 177 g/mol. The third-order valence-corrected chi connectivity index (χ3v) is 1.46. The minimum absolute atomic E-state index is 0.185. The van der Waals surface area contributed by atoms with Gasteiger partial charge in [0, 0.05) is 5.57 Å². The molecule has 0 amide bonds. The third kappa shape index (κ3) is 1.78. The van der Waals surface area contributed by atoms with Gasteiger partial charge in [-0.05, 0) is 6.42 Å². The Labute approximate surface area is 68.1 Å². The highest BCUT2D eigenvalue weighted by Crippen LogP contribution is 2.26. The van der Waals surface area contributed by atoms with Crippen LogP contribution < -0.4 is 5.43 Å². The van der Waals surface area contributed by atoms with Gasteiger partial charge in [0.2, 0.25) is 0 Å². The molecular weight excluding hydrogens is 169 g/mol. The molecule has 0 saturated heterocycles. The Bertz CT molecular complexity index is 227. The Morgan fingerprint density at radius 1 is 1.42 bits per heavy atom. The topological polar surface area (TPSA) is 26.5 Å². The lowest BCUT2D eigenvalue weighted by Gasteiger charge is -2.07. The van der Waals surface area contributed by atoms with Gasteiger partial charge in [-0.15, -0.1) is 5.10 Å². The SMILES string of the molecule is CCCC1=C[N]N=C1C(F)(F)F. The van der Waals surface area contributed by atoms with Gasteiger partial charge in [-0.25, -0.2) is 0 Å².